The van der Waals surface area contributed by atoms with E-state index < -0.39 is 0 Å². The van der Waals surface area contributed by atoms with Gasteiger partial charge in [0.15, 0.2) is 5.96 Å². The van der Waals surface area contributed by atoms with Crippen molar-refractivity contribution in [1.29, 1.82) is 0 Å². The number of guanidine groups is 1. The molecule has 0 bridgehead atoms. The minimum atomic E-state index is 0.303. The van der Waals surface area contributed by atoms with Crippen LogP contribution < -0.4 is 10.6 Å². The minimum absolute atomic E-state index is 0.303. The highest BCUT2D eigenvalue weighted by molar-refractivity contribution is 5.80. The van der Waals surface area contributed by atoms with Gasteiger partial charge in [-0.3, -0.25) is 9.67 Å². The summed E-state index contributed by atoms with van der Waals surface area (Å²) in [6.07, 6.45) is 6.58. The average molecular weight is 374 g/mol. The topological polar surface area (TPSA) is 63.5 Å². The van der Waals surface area contributed by atoms with Crippen LogP contribution in [0.5, 0.6) is 0 Å². The van der Waals surface area contributed by atoms with Gasteiger partial charge in [-0.1, -0.05) is 6.42 Å². The summed E-state index contributed by atoms with van der Waals surface area (Å²) in [5, 5.41) is 12.0. The Morgan fingerprint density at radius 3 is 2.78 bits per heavy atom. The lowest BCUT2D eigenvalue weighted by molar-refractivity contribution is -0.171. The zero-order valence-corrected chi connectivity index (χ0v) is 17.5. The number of hydrogen-bond acceptors (Lipinski definition) is 3. The molecule has 150 valence electrons. The van der Waals surface area contributed by atoms with Crippen LogP contribution >= 0.6 is 0 Å². The Kier molecular flexibility index (Phi) is 4.95. The van der Waals surface area contributed by atoms with Gasteiger partial charge < -0.3 is 15.4 Å². The van der Waals surface area contributed by atoms with E-state index in [-0.39, 0.29) is 0 Å². The zero-order chi connectivity index (χ0) is 19.2. The second-order valence-corrected chi connectivity index (χ2v) is 8.80. The standard InChI is InChI=1S/C21H35N5O/c1-6-22-20(23-13(2)12-17-14(3)25-26(5)15(17)4)24-18-16-8-11-27-19(16)21(18)9-7-10-21/h13,16,18-19H,6-12H2,1-5H3,(H2,22,23,24). The van der Waals surface area contributed by atoms with Crippen molar-refractivity contribution in [2.45, 2.75) is 78.0 Å². The molecule has 0 amide bonds. The minimum Gasteiger partial charge on any atom is -0.377 e. The molecule has 2 N–H and O–H groups in total. The third-order valence-electron chi connectivity index (χ3n) is 7.20. The van der Waals surface area contributed by atoms with Gasteiger partial charge in [0.2, 0.25) is 0 Å². The lowest BCUT2D eigenvalue weighted by Crippen LogP contribution is -2.72. The second-order valence-electron chi connectivity index (χ2n) is 8.80. The van der Waals surface area contributed by atoms with Crippen LogP contribution in [-0.2, 0) is 18.2 Å². The molecule has 1 aromatic heterocycles. The van der Waals surface area contributed by atoms with Crippen LogP contribution in [-0.4, -0.2) is 47.1 Å². The molecule has 1 aromatic rings. The maximum Gasteiger partial charge on any atom is 0.191 e. The van der Waals surface area contributed by atoms with E-state index in [9.17, 15) is 0 Å². The van der Waals surface area contributed by atoms with Crippen molar-refractivity contribution in [3.8, 4) is 0 Å². The number of aliphatic imine (C=N–C) groups is 1. The van der Waals surface area contributed by atoms with Crippen molar-refractivity contribution in [2.75, 3.05) is 13.2 Å². The van der Waals surface area contributed by atoms with Gasteiger partial charge in [0.05, 0.1) is 11.8 Å². The van der Waals surface area contributed by atoms with Gasteiger partial charge in [0.25, 0.3) is 0 Å². The van der Waals surface area contributed by atoms with E-state index in [4.69, 9.17) is 9.73 Å². The number of hydrogen-bond donors (Lipinski definition) is 2. The summed E-state index contributed by atoms with van der Waals surface area (Å²) in [5.74, 6) is 1.62. The Balaban J connectivity index is 1.42. The van der Waals surface area contributed by atoms with E-state index in [0.29, 0.717) is 29.5 Å². The summed E-state index contributed by atoms with van der Waals surface area (Å²) in [5.41, 5.74) is 4.10. The molecule has 6 heteroatoms. The number of rotatable bonds is 5. The molecule has 2 saturated carbocycles. The van der Waals surface area contributed by atoms with Gasteiger partial charge in [-0.05, 0) is 58.9 Å². The van der Waals surface area contributed by atoms with E-state index >= 15 is 0 Å². The molecule has 2 aliphatic carbocycles. The lowest BCUT2D eigenvalue weighted by atomic mass is 9.46. The van der Waals surface area contributed by atoms with Crippen LogP contribution in [0.4, 0.5) is 0 Å². The third-order valence-corrected chi connectivity index (χ3v) is 7.20. The smallest absolute Gasteiger partial charge is 0.191 e. The van der Waals surface area contributed by atoms with Gasteiger partial charge in [-0.15, -0.1) is 0 Å². The Labute approximate surface area is 163 Å². The molecule has 3 fully saturated rings. The average Bonchev–Trinajstić information content (AvgIpc) is 3.09. The fourth-order valence-corrected chi connectivity index (χ4v) is 5.60. The molecule has 1 aliphatic heterocycles. The number of aryl methyl sites for hydroxylation is 2. The molecule has 3 aliphatic rings. The largest absolute Gasteiger partial charge is 0.377 e. The summed E-state index contributed by atoms with van der Waals surface area (Å²) in [4.78, 5) is 4.75. The quantitative estimate of drug-likeness (QED) is 0.615. The normalized spacial score (nSPS) is 29.8. The maximum atomic E-state index is 6.06. The van der Waals surface area contributed by atoms with Crippen molar-refractivity contribution in [2.24, 2.45) is 23.4 Å². The number of nitrogens with one attached hydrogen (secondary N) is 2. The van der Waals surface area contributed by atoms with Crippen LogP contribution in [0.1, 0.15) is 56.5 Å². The molecule has 6 nitrogen and oxygen atoms in total. The number of ether oxygens (including phenoxy) is 1. The monoisotopic (exact) mass is 373 g/mol. The Morgan fingerprint density at radius 2 is 2.19 bits per heavy atom. The van der Waals surface area contributed by atoms with E-state index in [2.05, 4.69) is 43.4 Å². The predicted molar refractivity (Wildman–Crippen MR) is 108 cm³/mol. The molecule has 1 spiro atoms. The van der Waals surface area contributed by atoms with Gasteiger partial charge >= 0.3 is 0 Å². The summed E-state index contributed by atoms with van der Waals surface area (Å²) in [6.45, 7) is 10.3. The second kappa shape index (κ2) is 7.12. The van der Waals surface area contributed by atoms with Gasteiger partial charge in [0.1, 0.15) is 0 Å². The van der Waals surface area contributed by atoms with Crippen molar-refractivity contribution < 1.29 is 4.74 Å². The Hall–Kier alpha value is -1.56. The van der Waals surface area contributed by atoms with Gasteiger partial charge in [0, 0.05) is 49.3 Å². The number of aromatic nitrogens is 2. The molecule has 0 aromatic carbocycles. The zero-order valence-electron chi connectivity index (χ0n) is 17.5. The maximum absolute atomic E-state index is 6.06. The highest BCUT2D eigenvalue weighted by Crippen LogP contribution is 2.62. The molecule has 1 saturated heterocycles. The first-order valence-electron chi connectivity index (χ1n) is 10.6. The SMILES string of the molecule is CCN=C(NC(C)Cc1c(C)nn(C)c1C)NC1C2CCOC2C12CCC2. The molecule has 4 unspecified atom stereocenters. The summed E-state index contributed by atoms with van der Waals surface area (Å²) in [6, 6.07) is 0.822. The molecule has 4 rings (SSSR count). The molecule has 0 radical (unpaired) electrons. The fourth-order valence-electron chi connectivity index (χ4n) is 5.60. The molecule has 4 atom stereocenters. The first-order chi connectivity index (χ1) is 13.0. The van der Waals surface area contributed by atoms with Gasteiger partial charge in [-0.25, -0.2) is 0 Å². The summed E-state index contributed by atoms with van der Waals surface area (Å²) < 4.78 is 8.04. The van der Waals surface area contributed by atoms with Crippen molar-refractivity contribution in [3.63, 3.8) is 0 Å². The van der Waals surface area contributed by atoms with Crippen LogP contribution in [0.25, 0.3) is 0 Å². The Morgan fingerprint density at radius 1 is 1.41 bits per heavy atom. The van der Waals surface area contributed by atoms with Crippen LogP contribution in [0.15, 0.2) is 4.99 Å². The highest BCUT2D eigenvalue weighted by atomic mass is 16.5. The van der Waals surface area contributed by atoms with E-state index in [1.165, 1.54) is 36.9 Å². The highest BCUT2D eigenvalue weighted by Gasteiger charge is 2.66. The molecular formula is C21H35N5O. The van der Waals surface area contributed by atoms with E-state index in [1.807, 2.05) is 11.7 Å². The third kappa shape index (κ3) is 3.06. The van der Waals surface area contributed by atoms with Crippen LogP contribution in [0, 0.1) is 25.2 Å². The summed E-state index contributed by atoms with van der Waals surface area (Å²) >= 11 is 0. The van der Waals surface area contributed by atoms with Gasteiger partial charge in [-0.2, -0.15) is 5.10 Å². The molecular weight excluding hydrogens is 338 g/mol. The Bertz CT molecular complexity index is 720. The van der Waals surface area contributed by atoms with E-state index in [0.717, 1.165) is 31.2 Å². The van der Waals surface area contributed by atoms with E-state index in [1.54, 1.807) is 0 Å². The number of fused-ring (bicyclic) bond motifs is 2. The first kappa shape index (κ1) is 18.8. The fraction of sp³-hybridized carbons (Fsp3) is 0.810. The van der Waals surface area contributed by atoms with Crippen LogP contribution in [0.2, 0.25) is 0 Å². The van der Waals surface area contributed by atoms with Crippen molar-refractivity contribution in [1.82, 2.24) is 20.4 Å². The number of nitrogens with zero attached hydrogens (tertiary/aromatic N) is 3. The summed E-state index contributed by atoms with van der Waals surface area (Å²) in [7, 11) is 2.02. The predicted octanol–water partition coefficient (Wildman–Crippen LogP) is 2.48. The van der Waals surface area contributed by atoms with Crippen molar-refractivity contribution >= 4 is 5.96 Å². The van der Waals surface area contributed by atoms with Crippen LogP contribution in [0.3, 0.4) is 0 Å². The van der Waals surface area contributed by atoms with Crippen molar-refractivity contribution in [3.05, 3.63) is 17.0 Å². The molecule has 2 heterocycles. The lowest BCUT2D eigenvalue weighted by Gasteiger charge is -2.63. The molecule has 27 heavy (non-hydrogen) atoms. The first-order valence-corrected chi connectivity index (χ1v) is 10.6.